The Labute approximate surface area is 156 Å². The highest BCUT2D eigenvalue weighted by atomic mass is 35.5. The fourth-order valence-corrected chi connectivity index (χ4v) is 3.84. The molecule has 5 nitrogen and oxygen atoms in total. The standard InChI is InChI=1S/C15H10Cl2F3NO4S/c16-12-5-4-11(7-13(12)17)26(24,25)21(8-14(22)23)10-3-1-2-9(6-10)15(18,19)20/h1-7H,8H2,(H,22,23). The van der Waals surface area contributed by atoms with Crippen LogP contribution in [0.25, 0.3) is 0 Å². The molecule has 0 saturated carbocycles. The highest BCUT2D eigenvalue weighted by Crippen LogP contribution is 2.34. The quantitative estimate of drug-likeness (QED) is 0.771. The summed E-state index contributed by atoms with van der Waals surface area (Å²) < 4.78 is 64.6. The van der Waals surface area contributed by atoms with Crippen molar-refractivity contribution in [1.29, 1.82) is 0 Å². The second-order valence-corrected chi connectivity index (χ2v) is 7.71. The zero-order valence-electron chi connectivity index (χ0n) is 12.7. The first-order valence-electron chi connectivity index (χ1n) is 6.80. The molecule has 1 N–H and O–H groups in total. The second-order valence-electron chi connectivity index (χ2n) is 5.03. The molecule has 140 valence electrons. The van der Waals surface area contributed by atoms with Crippen molar-refractivity contribution in [3.63, 3.8) is 0 Å². The molecule has 0 aromatic heterocycles. The first kappa shape index (κ1) is 20.3. The van der Waals surface area contributed by atoms with Gasteiger partial charge in [0.1, 0.15) is 6.54 Å². The molecule has 0 aliphatic rings. The predicted molar refractivity (Wildman–Crippen MR) is 90.1 cm³/mol. The molecule has 0 saturated heterocycles. The summed E-state index contributed by atoms with van der Waals surface area (Å²) in [6.45, 7) is -1.08. The van der Waals surface area contributed by atoms with Gasteiger partial charge in [-0.2, -0.15) is 13.2 Å². The lowest BCUT2D eigenvalue weighted by Gasteiger charge is -2.23. The third kappa shape index (κ3) is 4.40. The minimum atomic E-state index is -4.72. The van der Waals surface area contributed by atoms with Gasteiger partial charge in [0, 0.05) is 0 Å². The van der Waals surface area contributed by atoms with E-state index in [0.29, 0.717) is 10.4 Å². The third-order valence-electron chi connectivity index (χ3n) is 3.22. The van der Waals surface area contributed by atoms with Gasteiger partial charge in [0.15, 0.2) is 0 Å². The van der Waals surface area contributed by atoms with E-state index >= 15 is 0 Å². The fourth-order valence-electron chi connectivity index (χ4n) is 2.04. The number of sulfonamides is 1. The summed E-state index contributed by atoms with van der Waals surface area (Å²) in [5.74, 6) is -1.55. The average Bonchev–Trinajstić information content (AvgIpc) is 2.54. The Hall–Kier alpha value is -1.97. The van der Waals surface area contributed by atoms with Gasteiger partial charge in [0.25, 0.3) is 10.0 Å². The molecule has 0 aliphatic heterocycles. The molecule has 0 bridgehead atoms. The SMILES string of the molecule is O=C(O)CN(c1cccc(C(F)(F)F)c1)S(=O)(=O)c1ccc(Cl)c(Cl)c1. The Balaban J connectivity index is 2.60. The van der Waals surface area contributed by atoms with Gasteiger partial charge in [-0.25, -0.2) is 8.42 Å². The summed E-state index contributed by atoms with van der Waals surface area (Å²) in [6, 6.07) is 6.59. The Morgan fingerprint density at radius 3 is 2.27 bits per heavy atom. The van der Waals surface area contributed by atoms with E-state index in [1.54, 1.807) is 0 Å². The maximum absolute atomic E-state index is 12.9. The molecule has 0 spiro atoms. The van der Waals surface area contributed by atoms with Crippen LogP contribution in [-0.2, 0) is 21.0 Å². The highest BCUT2D eigenvalue weighted by Gasteiger charge is 2.33. The number of halogens is 5. The van der Waals surface area contributed by atoms with Gasteiger partial charge in [-0.15, -0.1) is 0 Å². The van der Waals surface area contributed by atoms with Crippen LogP contribution < -0.4 is 4.31 Å². The van der Waals surface area contributed by atoms with Crippen molar-refractivity contribution < 1.29 is 31.5 Å². The van der Waals surface area contributed by atoms with Crippen LogP contribution in [-0.4, -0.2) is 26.0 Å². The van der Waals surface area contributed by atoms with Gasteiger partial charge < -0.3 is 5.11 Å². The fraction of sp³-hybridized carbons (Fsp3) is 0.133. The maximum Gasteiger partial charge on any atom is 0.416 e. The molecule has 0 atom stereocenters. The van der Waals surface area contributed by atoms with Crippen LogP contribution in [0.5, 0.6) is 0 Å². The van der Waals surface area contributed by atoms with Crippen LogP contribution in [0.2, 0.25) is 10.0 Å². The molecule has 0 heterocycles. The largest absolute Gasteiger partial charge is 0.480 e. The smallest absolute Gasteiger partial charge is 0.416 e. The van der Waals surface area contributed by atoms with Crippen molar-refractivity contribution in [3.05, 3.63) is 58.1 Å². The number of benzene rings is 2. The number of alkyl halides is 3. The first-order chi connectivity index (χ1) is 11.9. The monoisotopic (exact) mass is 427 g/mol. The number of hydrogen-bond acceptors (Lipinski definition) is 3. The van der Waals surface area contributed by atoms with Crippen LogP contribution in [0.4, 0.5) is 18.9 Å². The van der Waals surface area contributed by atoms with Crippen molar-refractivity contribution in [2.45, 2.75) is 11.1 Å². The third-order valence-corrected chi connectivity index (χ3v) is 5.73. The number of carbonyl (C=O) groups is 1. The van der Waals surface area contributed by atoms with E-state index in [0.717, 1.165) is 30.3 Å². The normalized spacial score (nSPS) is 12.0. The maximum atomic E-state index is 12.9. The molecule has 0 amide bonds. The molecule has 0 aliphatic carbocycles. The lowest BCUT2D eigenvalue weighted by molar-refractivity contribution is -0.137. The van der Waals surface area contributed by atoms with Crippen molar-refractivity contribution in [2.24, 2.45) is 0 Å². The lowest BCUT2D eigenvalue weighted by atomic mass is 10.2. The molecular formula is C15H10Cl2F3NO4S. The van der Waals surface area contributed by atoms with Crippen molar-refractivity contribution >= 4 is 44.9 Å². The van der Waals surface area contributed by atoms with E-state index in [-0.39, 0.29) is 10.0 Å². The van der Waals surface area contributed by atoms with Gasteiger partial charge in [0.2, 0.25) is 0 Å². The summed E-state index contributed by atoms with van der Waals surface area (Å²) in [6.07, 6.45) is -4.72. The van der Waals surface area contributed by atoms with Gasteiger partial charge in [-0.1, -0.05) is 29.3 Å². The van der Waals surface area contributed by atoms with Crippen LogP contribution in [0, 0.1) is 0 Å². The van der Waals surface area contributed by atoms with Gasteiger partial charge in [-0.05, 0) is 36.4 Å². The summed E-state index contributed by atoms with van der Waals surface area (Å²) in [4.78, 5) is 10.7. The number of carboxylic acids is 1. The van der Waals surface area contributed by atoms with Crippen LogP contribution in [0.15, 0.2) is 47.4 Å². The molecule has 2 rings (SSSR count). The Kier molecular flexibility index (Phi) is 5.74. The van der Waals surface area contributed by atoms with Crippen molar-refractivity contribution in [3.8, 4) is 0 Å². The van der Waals surface area contributed by atoms with Crippen molar-refractivity contribution in [1.82, 2.24) is 0 Å². The van der Waals surface area contributed by atoms with Gasteiger partial charge in [-0.3, -0.25) is 9.10 Å². The minimum Gasteiger partial charge on any atom is -0.480 e. The molecule has 26 heavy (non-hydrogen) atoms. The Morgan fingerprint density at radius 2 is 1.73 bits per heavy atom. The van der Waals surface area contributed by atoms with Crippen LogP contribution in [0.1, 0.15) is 5.56 Å². The zero-order chi connectivity index (χ0) is 19.7. The number of anilines is 1. The number of carboxylic acid groups (broad SMARTS) is 1. The molecule has 2 aromatic rings. The highest BCUT2D eigenvalue weighted by molar-refractivity contribution is 7.92. The Bertz CT molecular complexity index is 948. The summed E-state index contributed by atoms with van der Waals surface area (Å²) in [5.41, 5.74) is -1.57. The number of nitrogens with zero attached hydrogens (tertiary/aromatic N) is 1. The summed E-state index contributed by atoms with van der Waals surface area (Å²) >= 11 is 11.5. The van der Waals surface area contributed by atoms with E-state index < -0.39 is 44.9 Å². The van der Waals surface area contributed by atoms with Gasteiger partial charge >= 0.3 is 12.1 Å². The molecule has 0 fully saturated rings. The summed E-state index contributed by atoms with van der Waals surface area (Å²) in [7, 11) is -4.51. The van der Waals surface area contributed by atoms with E-state index in [2.05, 4.69) is 0 Å². The van der Waals surface area contributed by atoms with Crippen molar-refractivity contribution in [2.75, 3.05) is 10.8 Å². The molecule has 11 heteroatoms. The molecule has 0 unspecified atom stereocenters. The number of hydrogen-bond donors (Lipinski definition) is 1. The van der Waals surface area contributed by atoms with Gasteiger partial charge in [0.05, 0.1) is 26.2 Å². The number of rotatable bonds is 5. The lowest BCUT2D eigenvalue weighted by Crippen LogP contribution is -2.36. The molecule has 2 aromatic carbocycles. The van der Waals surface area contributed by atoms with E-state index in [9.17, 15) is 26.4 Å². The Morgan fingerprint density at radius 1 is 1.08 bits per heavy atom. The molecular weight excluding hydrogens is 418 g/mol. The summed E-state index contributed by atoms with van der Waals surface area (Å²) in [5, 5.41) is 8.97. The van der Waals surface area contributed by atoms with E-state index in [1.807, 2.05) is 0 Å². The van der Waals surface area contributed by atoms with Crippen LogP contribution >= 0.6 is 23.2 Å². The zero-order valence-corrected chi connectivity index (χ0v) is 15.0. The van der Waals surface area contributed by atoms with Crippen LogP contribution in [0.3, 0.4) is 0 Å². The first-order valence-corrected chi connectivity index (χ1v) is 8.99. The topological polar surface area (TPSA) is 74.7 Å². The predicted octanol–water partition coefficient (Wildman–Crippen LogP) is 4.29. The van der Waals surface area contributed by atoms with E-state index in [4.69, 9.17) is 28.3 Å². The number of aliphatic carboxylic acids is 1. The molecule has 0 radical (unpaired) electrons. The average molecular weight is 428 g/mol. The minimum absolute atomic E-state index is 0.0643. The van der Waals surface area contributed by atoms with E-state index in [1.165, 1.54) is 6.07 Å². The second kappa shape index (κ2) is 7.34.